The number of hydrogen-bond donors (Lipinski definition) is 1. The van der Waals surface area contributed by atoms with Crippen molar-refractivity contribution in [2.45, 2.75) is 51.4 Å². The quantitative estimate of drug-likeness (QED) is 0.340. The number of hydrogen-bond acceptors (Lipinski definition) is 3. The molecule has 0 aliphatic rings. The van der Waals surface area contributed by atoms with Crippen molar-refractivity contribution in [3.8, 4) is 0 Å². The van der Waals surface area contributed by atoms with Crippen molar-refractivity contribution in [3.05, 3.63) is 0 Å². The Kier molecular flexibility index (Phi) is 10.1. The minimum atomic E-state index is -0.721. The van der Waals surface area contributed by atoms with E-state index in [2.05, 4.69) is 21.1 Å². The molecule has 0 aliphatic heterocycles. The highest BCUT2D eigenvalue weighted by atomic mass is 16.5. The van der Waals surface area contributed by atoms with Crippen LogP contribution < -0.4 is 0 Å². The van der Waals surface area contributed by atoms with Gasteiger partial charge in [0.2, 0.25) is 0 Å². The van der Waals surface area contributed by atoms with E-state index in [1.165, 1.54) is 0 Å². The van der Waals surface area contributed by atoms with E-state index in [1.807, 2.05) is 0 Å². The normalized spacial score (nSPS) is 11.3. The Labute approximate surface area is 122 Å². The van der Waals surface area contributed by atoms with Gasteiger partial charge < -0.3 is 14.3 Å². The highest BCUT2D eigenvalue weighted by Crippen LogP contribution is 2.09. The van der Waals surface area contributed by atoms with E-state index in [4.69, 9.17) is 9.84 Å². The van der Waals surface area contributed by atoms with Gasteiger partial charge in [-0.2, -0.15) is 0 Å². The third-order valence-electron chi connectivity index (χ3n) is 3.05. The van der Waals surface area contributed by atoms with Gasteiger partial charge in [0.25, 0.3) is 0 Å². The Morgan fingerprint density at radius 1 is 0.900 bits per heavy atom. The lowest BCUT2D eigenvalue weighted by Crippen LogP contribution is -2.37. The molecule has 0 spiro atoms. The van der Waals surface area contributed by atoms with Crippen LogP contribution in [-0.4, -0.2) is 55.8 Å². The largest absolute Gasteiger partial charge is 0.481 e. The minimum absolute atomic E-state index is 0.107. The molecule has 0 aromatic carbocycles. The Morgan fingerprint density at radius 3 is 1.90 bits per heavy atom. The zero-order valence-corrected chi connectivity index (χ0v) is 13.2. The Balaban J connectivity index is 3.29. The molecule has 0 fully saturated rings. The van der Waals surface area contributed by atoms with Crippen LogP contribution in [0.2, 0.25) is 0 Å². The molecule has 0 saturated carbocycles. The topological polar surface area (TPSA) is 63.6 Å². The number of esters is 1. The first kappa shape index (κ1) is 18.9. The number of aliphatic carboxylic acids is 1. The molecule has 0 bridgehead atoms. The molecular formula is C15H30NO4+. The molecular weight excluding hydrogens is 258 g/mol. The van der Waals surface area contributed by atoms with Gasteiger partial charge in [-0.1, -0.05) is 25.7 Å². The zero-order valence-electron chi connectivity index (χ0n) is 13.2. The fraction of sp³-hybridized carbons (Fsp3) is 0.867. The van der Waals surface area contributed by atoms with E-state index in [1.54, 1.807) is 0 Å². The molecule has 0 aliphatic carbocycles. The van der Waals surface area contributed by atoms with Crippen molar-refractivity contribution in [3.63, 3.8) is 0 Å². The molecule has 20 heavy (non-hydrogen) atoms. The van der Waals surface area contributed by atoms with Gasteiger partial charge in [-0.25, -0.2) is 0 Å². The maximum absolute atomic E-state index is 11.4. The van der Waals surface area contributed by atoms with Crippen LogP contribution in [-0.2, 0) is 14.3 Å². The summed E-state index contributed by atoms with van der Waals surface area (Å²) in [7, 11) is 6.20. The zero-order chi connectivity index (χ0) is 15.4. The van der Waals surface area contributed by atoms with Gasteiger partial charge >= 0.3 is 11.9 Å². The third kappa shape index (κ3) is 15.0. The summed E-state index contributed by atoms with van der Waals surface area (Å²) in [5.41, 5.74) is 0. The molecule has 0 atom stereocenters. The van der Waals surface area contributed by atoms with Crippen LogP contribution in [0.4, 0.5) is 0 Å². The summed E-state index contributed by atoms with van der Waals surface area (Å²) in [5, 5.41) is 8.48. The predicted molar refractivity (Wildman–Crippen MR) is 78.4 cm³/mol. The number of carbonyl (C=O) groups is 2. The van der Waals surface area contributed by atoms with Gasteiger partial charge in [0.05, 0.1) is 21.1 Å². The molecule has 5 heteroatoms. The number of nitrogens with zero attached hydrogens (tertiary/aromatic N) is 1. The van der Waals surface area contributed by atoms with E-state index < -0.39 is 5.97 Å². The smallest absolute Gasteiger partial charge is 0.305 e. The fourth-order valence-corrected chi connectivity index (χ4v) is 1.76. The molecule has 0 heterocycles. The second kappa shape index (κ2) is 10.7. The van der Waals surface area contributed by atoms with Crippen molar-refractivity contribution in [2.24, 2.45) is 0 Å². The second-order valence-corrected chi connectivity index (χ2v) is 6.25. The molecule has 0 unspecified atom stereocenters. The number of unbranched alkanes of at least 4 members (excludes halogenated alkanes) is 5. The second-order valence-electron chi connectivity index (χ2n) is 6.25. The summed E-state index contributed by atoms with van der Waals surface area (Å²) in [6, 6.07) is 0. The van der Waals surface area contributed by atoms with Crippen LogP contribution in [0.5, 0.6) is 0 Å². The van der Waals surface area contributed by atoms with E-state index in [-0.39, 0.29) is 12.4 Å². The van der Waals surface area contributed by atoms with Crippen molar-refractivity contribution in [2.75, 3.05) is 34.3 Å². The number of likely N-dealkylation sites (N-methyl/N-ethyl adjacent to an activating group) is 1. The van der Waals surface area contributed by atoms with Crippen LogP contribution in [0, 0.1) is 0 Å². The molecule has 0 rings (SSSR count). The first-order chi connectivity index (χ1) is 9.31. The van der Waals surface area contributed by atoms with E-state index in [9.17, 15) is 9.59 Å². The van der Waals surface area contributed by atoms with Gasteiger partial charge in [-0.05, 0) is 12.8 Å². The van der Waals surface area contributed by atoms with E-state index >= 15 is 0 Å². The standard InChI is InChI=1S/C15H29NO4/c1-16(2,3)12-13-20-15(19)11-9-7-5-4-6-8-10-14(17)18/h4-13H2,1-3H3/p+1. The monoisotopic (exact) mass is 288 g/mol. The van der Waals surface area contributed by atoms with E-state index in [0.29, 0.717) is 13.0 Å². The van der Waals surface area contributed by atoms with Gasteiger partial charge in [0, 0.05) is 12.8 Å². The maximum atomic E-state index is 11.4. The summed E-state index contributed by atoms with van der Waals surface area (Å²) in [6.07, 6.45) is 6.45. The summed E-state index contributed by atoms with van der Waals surface area (Å²) in [6.45, 7) is 1.31. The van der Waals surface area contributed by atoms with E-state index in [0.717, 1.165) is 49.6 Å². The van der Waals surface area contributed by atoms with Crippen molar-refractivity contribution < 1.29 is 23.9 Å². The minimum Gasteiger partial charge on any atom is -0.481 e. The van der Waals surface area contributed by atoms with Crippen LogP contribution in [0.15, 0.2) is 0 Å². The molecule has 0 saturated heterocycles. The molecule has 0 aromatic heterocycles. The lowest BCUT2D eigenvalue weighted by Gasteiger charge is -2.23. The number of quaternary nitrogens is 1. The summed E-state index contributed by atoms with van der Waals surface area (Å²) in [4.78, 5) is 21.7. The van der Waals surface area contributed by atoms with Gasteiger partial charge in [-0.3, -0.25) is 9.59 Å². The van der Waals surface area contributed by atoms with Crippen LogP contribution >= 0.6 is 0 Å². The predicted octanol–water partition coefficient (Wildman–Crippen LogP) is 2.44. The van der Waals surface area contributed by atoms with Gasteiger partial charge in [-0.15, -0.1) is 0 Å². The molecule has 0 radical (unpaired) electrons. The van der Waals surface area contributed by atoms with Gasteiger partial charge in [0.1, 0.15) is 13.2 Å². The first-order valence-corrected chi connectivity index (χ1v) is 7.49. The van der Waals surface area contributed by atoms with Crippen molar-refractivity contribution in [1.82, 2.24) is 0 Å². The number of carboxylic acids is 1. The maximum Gasteiger partial charge on any atom is 0.305 e. The van der Waals surface area contributed by atoms with Crippen LogP contribution in [0.1, 0.15) is 51.4 Å². The van der Waals surface area contributed by atoms with Gasteiger partial charge in [0.15, 0.2) is 0 Å². The number of ether oxygens (including phenoxy) is 1. The van der Waals surface area contributed by atoms with Crippen molar-refractivity contribution >= 4 is 11.9 Å². The first-order valence-electron chi connectivity index (χ1n) is 7.49. The number of carbonyl (C=O) groups excluding carboxylic acids is 1. The number of rotatable bonds is 12. The fourth-order valence-electron chi connectivity index (χ4n) is 1.76. The molecule has 118 valence electrons. The average molecular weight is 288 g/mol. The Bertz CT molecular complexity index is 284. The summed E-state index contributed by atoms with van der Waals surface area (Å²) < 4.78 is 5.96. The van der Waals surface area contributed by atoms with Crippen molar-refractivity contribution in [1.29, 1.82) is 0 Å². The Hall–Kier alpha value is -1.10. The molecule has 0 amide bonds. The highest BCUT2D eigenvalue weighted by Gasteiger charge is 2.09. The lowest BCUT2D eigenvalue weighted by atomic mass is 10.1. The summed E-state index contributed by atoms with van der Waals surface area (Å²) >= 11 is 0. The highest BCUT2D eigenvalue weighted by molar-refractivity contribution is 5.69. The average Bonchev–Trinajstić information content (AvgIpc) is 2.30. The number of carboxylic acid groups (broad SMARTS) is 1. The molecule has 1 N–H and O–H groups in total. The van der Waals surface area contributed by atoms with Crippen LogP contribution in [0.25, 0.3) is 0 Å². The molecule has 5 nitrogen and oxygen atoms in total. The van der Waals surface area contributed by atoms with Crippen LogP contribution in [0.3, 0.4) is 0 Å². The Morgan fingerprint density at radius 2 is 1.40 bits per heavy atom. The summed E-state index contributed by atoms with van der Waals surface area (Å²) in [5.74, 6) is -0.828. The molecule has 0 aromatic rings. The SMILES string of the molecule is C[N+](C)(C)CCOC(=O)CCCCCCCCC(=O)O. The lowest BCUT2D eigenvalue weighted by molar-refractivity contribution is -0.870. The third-order valence-corrected chi connectivity index (χ3v) is 3.05.